The molecule has 19 heavy (non-hydrogen) atoms. The summed E-state index contributed by atoms with van der Waals surface area (Å²) in [6.07, 6.45) is 0.437. The Hall–Kier alpha value is -1.35. The van der Waals surface area contributed by atoms with Gasteiger partial charge in [0.05, 0.1) is 5.92 Å². The average molecular weight is 281 g/mol. The first-order chi connectivity index (χ1) is 8.71. The summed E-state index contributed by atoms with van der Waals surface area (Å²) in [6, 6.07) is 5.25. The fourth-order valence-corrected chi connectivity index (χ4v) is 2.71. The standard InChI is InChI=1S/C15H17ClO3/c1-15(2,3)11-5-4-8(6-12(11)16)13(17)9-7-10(9)14(18)19/h4-6,9-10H,7H2,1-3H3,(H,18,19). The summed E-state index contributed by atoms with van der Waals surface area (Å²) in [5.74, 6) is -1.91. The highest BCUT2D eigenvalue weighted by Crippen LogP contribution is 2.41. The Morgan fingerprint density at radius 1 is 1.26 bits per heavy atom. The van der Waals surface area contributed by atoms with E-state index in [9.17, 15) is 9.59 Å². The summed E-state index contributed by atoms with van der Waals surface area (Å²) in [6.45, 7) is 6.16. The van der Waals surface area contributed by atoms with Crippen molar-refractivity contribution in [2.24, 2.45) is 11.8 Å². The fourth-order valence-electron chi connectivity index (χ4n) is 2.25. The zero-order valence-electron chi connectivity index (χ0n) is 11.2. The number of carboxylic acid groups (broad SMARTS) is 1. The van der Waals surface area contributed by atoms with Gasteiger partial charge in [0.2, 0.25) is 0 Å². The van der Waals surface area contributed by atoms with Gasteiger partial charge in [0.25, 0.3) is 0 Å². The quantitative estimate of drug-likeness (QED) is 0.862. The molecule has 0 spiro atoms. The number of halogens is 1. The fraction of sp³-hybridized carbons (Fsp3) is 0.467. The van der Waals surface area contributed by atoms with Gasteiger partial charge in [-0.25, -0.2) is 0 Å². The summed E-state index contributed by atoms with van der Waals surface area (Å²) in [4.78, 5) is 22.9. The normalized spacial score (nSPS) is 22.1. The monoisotopic (exact) mass is 280 g/mol. The van der Waals surface area contributed by atoms with Crippen LogP contribution >= 0.6 is 11.6 Å². The third-order valence-electron chi connectivity index (χ3n) is 3.51. The van der Waals surface area contributed by atoms with Crippen LogP contribution in [0, 0.1) is 11.8 Å². The molecule has 2 unspecified atom stereocenters. The maximum Gasteiger partial charge on any atom is 0.307 e. The molecule has 1 aromatic rings. The molecule has 102 valence electrons. The molecule has 1 aromatic carbocycles. The van der Waals surface area contributed by atoms with Crippen LogP contribution in [-0.2, 0) is 10.2 Å². The molecule has 2 atom stereocenters. The van der Waals surface area contributed by atoms with Crippen LogP contribution in [0.25, 0.3) is 0 Å². The van der Waals surface area contributed by atoms with Crippen LogP contribution in [0.3, 0.4) is 0 Å². The number of carboxylic acids is 1. The minimum Gasteiger partial charge on any atom is -0.481 e. The van der Waals surface area contributed by atoms with Crippen molar-refractivity contribution in [3.05, 3.63) is 34.3 Å². The first kappa shape index (κ1) is 14.1. The second-order valence-corrected chi connectivity index (χ2v) is 6.50. The molecule has 0 heterocycles. The number of hydrogen-bond donors (Lipinski definition) is 1. The molecule has 0 bridgehead atoms. The van der Waals surface area contributed by atoms with E-state index in [0.29, 0.717) is 17.0 Å². The third kappa shape index (κ3) is 2.81. The van der Waals surface area contributed by atoms with E-state index in [0.717, 1.165) is 5.56 Å². The van der Waals surface area contributed by atoms with Crippen molar-refractivity contribution in [2.75, 3.05) is 0 Å². The largest absolute Gasteiger partial charge is 0.481 e. The molecule has 1 aliphatic rings. The van der Waals surface area contributed by atoms with Crippen LogP contribution in [0.15, 0.2) is 18.2 Å². The first-order valence-corrected chi connectivity index (χ1v) is 6.66. The molecule has 1 saturated carbocycles. The van der Waals surface area contributed by atoms with Crippen molar-refractivity contribution < 1.29 is 14.7 Å². The zero-order valence-corrected chi connectivity index (χ0v) is 12.0. The number of rotatable bonds is 3. The van der Waals surface area contributed by atoms with Crippen LogP contribution in [0.2, 0.25) is 5.02 Å². The Morgan fingerprint density at radius 2 is 1.89 bits per heavy atom. The van der Waals surface area contributed by atoms with Gasteiger partial charge in [0, 0.05) is 16.5 Å². The summed E-state index contributed by atoms with van der Waals surface area (Å²) < 4.78 is 0. The number of carbonyl (C=O) groups is 2. The number of ketones is 1. The van der Waals surface area contributed by atoms with Crippen molar-refractivity contribution in [1.29, 1.82) is 0 Å². The number of aliphatic carboxylic acids is 1. The van der Waals surface area contributed by atoms with Gasteiger partial charge >= 0.3 is 5.97 Å². The van der Waals surface area contributed by atoms with E-state index in [4.69, 9.17) is 16.7 Å². The van der Waals surface area contributed by atoms with E-state index < -0.39 is 11.9 Å². The Morgan fingerprint density at radius 3 is 2.32 bits per heavy atom. The topological polar surface area (TPSA) is 54.4 Å². The lowest BCUT2D eigenvalue weighted by Crippen LogP contribution is -2.13. The van der Waals surface area contributed by atoms with Crippen molar-refractivity contribution in [3.8, 4) is 0 Å². The minimum atomic E-state index is -0.893. The number of carbonyl (C=O) groups excluding carboxylic acids is 1. The summed E-state index contributed by atoms with van der Waals surface area (Å²) >= 11 is 6.21. The van der Waals surface area contributed by atoms with Gasteiger partial charge in [-0.3, -0.25) is 9.59 Å². The van der Waals surface area contributed by atoms with Crippen molar-refractivity contribution >= 4 is 23.4 Å². The molecule has 0 aliphatic heterocycles. The Balaban J connectivity index is 2.22. The van der Waals surface area contributed by atoms with Crippen molar-refractivity contribution in [1.82, 2.24) is 0 Å². The number of Topliss-reactive ketones (excluding diaryl/α,β-unsaturated/α-hetero) is 1. The second kappa shape index (κ2) is 4.64. The Bertz CT molecular complexity index is 543. The van der Waals surface area contributed by atoms with Crippen LogP contribution in [0.5, 0.6) is 0 Å². The van der Waals surface area contributed by atoms with Gasteiger partial charge < -0.3 is 5.11 Å². The molecule has 1 aliphatic carbocycles. The third-order valence-corrected chi connectivity index (χ3v) is 3.82. The van der Waals surface area contributed by atoms with Gasteiger partial charge in [-0.2, -0.15) is 0 Å². The van der Waals surface area contributed by atoms with Crippen LogP contribution in [0.4, 0.5) is 0 Å². The number of benzene rings is 1. The van der Waals surface area contributed by atoms with Gasteiger partial charge in [-0.05, 0) is 23.5 Å². The summed E-state index contributed by atoms with van der Waals surface area (Å²) in [5.41, 5.74) is 1.41. The Kier molecular flexibility index (Phi) is 3.43. The highest BCUT2D eigenvalue weighted by atomic mass is 35.5. The van der Waals surface area contributed by atoms with Gasteiger partial charge in [0.15, 0.2) is 5.78 Å². The van der Waals surface area contributed by atoms with Crippen LogP contribution < -0.4 is 0 Å². The second-order valence-electron chi connectivity index (χ2n) is 6.10. The molecular formula is C15H17ClO3. The molecule has 2 rings (SSSR count). The predicted molar refractivity (Wildman–Crippen MR) is 73.7 cm³/mol. The van der Waals surface area contributed by atoms with E-state index in [1.807, 2.05) is 6.07 Å². The summed E-state index contributed by atoms with van der Waals surface area (Å²) in [5, 5.41) is 9.41. The first-order valence-electron chi connectivity index (χ1n) is 6.29. The van der Waals surface area contributed by atoms with E-state index in [1.165, 1.54) is 0 Å². The SMILES string of the molecule is CC(C)(C)c1ccc(C(=O)C2CC2C(=O)O)cc1Cl. The lowest BCUT2D eigenvalue weighted by Gasteiger charge is -2.20. The maximum atomic E-state index is 12.1. The van der Waals surface area contributed by atoms with Gasteiger partial charge in [0.1, 0.15) is 0 Å². The molecule has 0 amide bonds. The van der Waals surface area contributed by atoms with Crippen molar-refractivity contribution in [3.63, 3.8) is 0 Å². The smallest absolute Gasteiger partial charge is 0.307 e. The molecule has 0 aromatic heterocycles. The zero-order chi connectivity index (χ0) is 14.4. The minimum absolute atomic E-state index is 0.0815. The molecule has 3 nitrogen and oxygen atoms in total. The van der Waals surface area contributed by atoms with E-state index in [2.05, 4.69) is 20.8 Å². The Labute approximate surface area is 117 Å². The average Bonchev–Trinajstić information content (AvgIpc) is 3.05. The molecule has 1 fully saturated rings. The lowest BCUT2D eigenvalue weighted by molar-refractivity contribution is -0.138. The highest BCUT2D eigenvalue weighted by Gasteiger charge is 2.48. The van der Waals surface area contributed by atoms with E-state index in [1.54, 1.807) is 12.1 Å². The molecular weight excluding hydrogens is 264 g/mol. The molecule has 4 heteroatoms. The highest BCUT2D eigenvalue weighted by molar-refractivity contribution is 6.32. The summed E-state index contributed by atoms with van der Waals surface area (Å²) in [7, 11) is 0. The van der Waals surface area contributed by atoms with Crippen LogP contribution in [-0.4, -0.2) is 16.9 Å². The molecule has 0 radical (unpaired) electrons. The van der Waals surface area contributed by atoms with Crippen LogP contribution in [0.1, 0.15) is 43.1 Å². The van der Waals surface area contributed by atoms with Gasteiger partial charge in [-0.15, -0.1) is 0 Å². The van der Waals surface area contributed by atoms with E-state index >= 15 is 0 Å². The van der Waals surface area contributed by atoms with Gasteiger partial charge in [-0.1, -0.05) is 44.5 Å². The number of hydrogen-bond acceptors (Lipinski definition) is 2. The molecule has 1 N–H and O–H groups in total. The maximum absolute atomic E-state index is 12.1. The van der Waals surface area contributed by atoms with Crippen molar-refractivity contribution in [2.45, 2.75) is 32.6 Å². The van der Waals surface area contributed by atoms with E-state index in [-0.39, 0.29) is 17.1 Å². The molecule has 0 saturated heterocycles. The predicted octanol–water partition coefficient (Wildman–Crippen LogP) is 3.54. The lowest BCUT2D eigenvalue weighted by atomic mass is 9.86.